The van der Waals surface area contributed by atoms with Gasteiger partial charge in [-0.1, -0.05) is 24.4 Å². The van der Waals surface area contributed by atoms with Crippen molar-refractivity contribution < 1.29 is 14.9 Å². The van der Waals surface area contributed by atoms with Crippen LogP contribution in [-0.2, 0) is 0 Å². The topological polar surface area (TPSA) is 61.7 Å². The Morgan fingerprint density at radius 2 is 1.90 bits per heavy atom. The average molecular weight is 314 g/mol. The lowest BCUT2D eigenvalue weighted by Gasteiger charge is -2.27. The lowest BCUT2D eigenvalue weighted by molar-refractivity contribution is 0.0918. The van der Waals surface area contributed by atoms with E-state index in [1.807, 2.05) is 0 Å². The van der Waals surface area contributed by atoms with Gasteiger partial charge in [-0.25, -0.2) is 0 Å². The van der Waals surface area contributed by atoms with Gasteiger partial charge < -0.3 is 20.3 Å². The Morgan fingerprint density at radius 1 is 1.24 bits per heavy atom. The predicted molar refractivity (Wildman–Crippen MR) is 83.8 cm³/mol. The summed E-state index contributed by atoms with van der Waals surface area (Å²) in [4.78, 5) is 0. The van der Waals surface area contributed by atoms with Crippen LogP contribution in [0.4, 0.5) is 0 Å². The zero-order valence-electron chi connectivity index (χ0n) is 12.2. The largest absolute Gasteiger partial charge is 0.491 e. The van der Waals surface area contributed by atoms with Gasteiger partial charge in [-0.15, -0.1) is 0 Å². The van der Waals surface area contributed by atoms with E-state index in [1.54, 1.807) is 24.3 Å². The molecule has 0 aliphatic heterocycles. The van der Waals surface area contributed by atoms with E-state index in [-0.39, 0.29) is 18.6 Å². The Labute approximate surface area is 131 Å². The monoisotopic (exact) mass is 313 g/mol. The molecular formula is C16H24ClNO3. The van der Waals surface area contributed by atoms with E-state index in [0.717, 1.165) is 19.4 Å². The molecule has 1 aromatic carbocycles. The SMILES string of the molecule is OCC1(CNCC(O)COc2ccc(Cl)cc2)CCCC1. The van der Waals surface area contributed by atoms with Gasteiger partial charge in [0.25, 0.3) is 0 Å². The smallest absolute Gasteiger partial charge is 0.119 e. The Morgan fingerprint density at radius 3 is 2.52 bits per heavy atom. The van der Waals surface area contributed by atoms with Crippen LogP contribution in [0.25, 0.3) is 0 Å². The number of halogens is 1. The molecule has 1 fully saturated rings. The molecule has 1 unspecified atom stereocenters. The molecular weight excluding hydrogens is 290 g/mol. The molecule has 1 saturated carbocycles. The number of hydrogen-bond acceptors (Lipinski definition) is 4. The maximum atomic E-state index is 9.92. The van der Waals surface area contributed by atoms with E-state index in [9.17, 15) is 10.2 Å². The van der Waals surface area contributed by atoms with Crippen molar-refractivity contribution >= 4 is 11.6 Å². The summed E-state index contributed by atoms with van der Waals surface area (Å²) in [5, 5.41) is 23.4. The van der Waals surface area contributed by atoms with Crippen molar-refractivity contribution in [3.63, 3.8) is 0 Å². The lowest BCUT2D eigenvalue weighted by Crippen LogP contribution is -2.40. The number of hydrogen-bond donors (Lipinski definition) is 3. The first-order valence-electron chi connectivity index (χ1n) is 7.52. The van der Waals surface area contributed by atoms with E-state index < -0.39 is 6.10 Å². The number of rotatable bonds is 8. The van der Waals surface area contributed by atoms with Crippen LogP contribution in [0, 0.1) is 5.41 Å². The molecule has 0 amide bonds. The number of aliphatic hydroxyl groups excluding tert-OH is 2. The van der Waals surface area contributed by atoms with Crippen LogP contribution < -0.4 is 10.1 Å². The molecule has 1 atom stereocenters. The predicted octanol–water partition coefficient (Wildman–Crippen LogP) is 2.22. The quantitative estimate of drug-likeness (QED) is 0.689. The van der Waals surface area contributed by atoms with E-state index >= 15 is 0 Å². The summed E-state index contributed by atoms with van der Waals surface area (Å²) in [6, 6.07) is 7.07. The maximum absolute atomic E-state index is 9.92. The second-order valence-electron chi connectivity index (χ2n) is 5.91. The summed E-state index contributed by atoms with van der Waals surface area (Å²) in [6.45, 7) is 1.68. The molecule has 0 bridgehead atoms. The fourth-order valence-corrected chi connectivity index (χ4v) is 2.93. The molecule has 4 nitrogen and oxygen atoms in total. The van der Waals surface area contributed by atoms with Gasteiger partial charge in [0.1, 0.15) is 18.5 Å². The van der Waals surface area contributed by atoms with Gasteiger partial charge in [-0.3, -0.25) is 0 Å². The molecule has 0 spiro atoms. The summed E-state index contributed by atoms with van der Waals surface area (Å²) in [5.41, 5.74) is 0.0107. The Hall–Kier alpha value is -0.810. The van der Waals surface area contributed by atoms with Crippen LogP contribution in [0.3, 0.4) is 0 Å². The molecule has 1 aliphatic carbocycles. The van der Waals surface area contributed by atoms with Crippen LogP contribution in [-0.4, -0.2) is 42.6 Å². The highest BCUT2D eigenvalue weighted by molar-refractivity contribution is 6.30. The van der Waals surface area contributed by atoms with E-state index in [1.165, 1.54) is 12.8 Å². The lowest BCUT2D eigenvalue weighted by atomic mass is 9.87. The summed E-state index contributed by atoms with van der Waals surface area (Å²) in [6.07, 6.45) is 3.93. The van der Waals surface area contributed by atoms with E-state index in [4.69, 9.17) is 16.3 Å². The van der Waals surface area contributed by atoms with Gasteiger partial charge in [-0.05, 0) is 37.1 Å². The van der Waals surface area contributed by atoms with Gasteiger partial charge >= 0.3 is 0 Å². The zero-order valence-corrected chi connectivity index (χ0v) is 13.0. The molecule has 0 heterocycles. The van der Waals surface area contributed by atoms with Gasteiger partial charge in [0.15, 0.2) is 0 Å². The second-order valence-corrected chi connectivity index (χ2v) is 6.35. The molecule has 2 rings (SSSR count). The normalized spacial score (nSPS) is 18.6. The highest BCUT2D eigenvalue weighted by Crippen LogP contribution is 2.36. The van der Waals surface area contributed by atoms with Crippen LogP contribution in [0.2, 0.25) is 5.02 Å². The first kappa shape index (κ1) is 16.6. The van der Waals surface area contributed by atoms with Gasteiger partial charge in [0.2, 0.25) is 0 Å². The maximum Gasteiger partial charge on any atom is 0.119 e. The van der Waals surface area contributed by atoms with Crippen molar-refractivity contribution in [3.05, 3.63) is 29.3 Å². The molecule has 1 aliphatic rings. The fraction of sp³-hybridized carbons (Fsp3) is 0.625. The van der Waals surface area contributed by atoms with Crippen molar-refractivity contribution in [2.75, 3.05) is 26.3 Å². The van der Waals surface area contributed by atoms with Crippen molar-refractivity contribution in [1.29, 1.82) is 0 Å². The fourth-order valence-electron chi connectivity index (χ4n) is 2.80. The van der Waals surface area contributed by atoms with Crippen LogP contribution in [0.1, 0.15) is 25.7 Å². The molecule has 118 valence electrons. The first-order valence-corrected chi connectivity index (χ1v) is 7.89. The van der Waals surface area contributed by atoms with Gasteiger partial charge in [-0.2, -0.15) is 0 Å². The summed E-state index contributed by atoms with van der Waals surface area (Å²) < 4.78 is 5.50. The Balaban J connectivity index is 1.65. The van der Waals surface area contributed by atoms with Crippen LogP contribution >= 0.6 is 11.6 Å². The molecule has 0 saturated heterocycles. The highest BCUT2D eigenvalue weighted by atomic mass is 35.5. The number of benzene rings is 1. The molecule has 5 heteroatoms. The van der Waals surface area contributed by atoms with E-state index in [0.29, 0.717) is 17.3 Å². The second kappa shape index (κ2) is 7.99. The number of aliphatic hydroxyl groups is 2. The third-order valence-electron chi connectivity index (χ3n) is 4.14. The molecule has 21 heavy (non-hydrogen) atoms. The standard InChI is InChI=1S/C16H24ClNO3/c17-13-3-5-15(6-4-13)21-10-14(20)9-18-11-16(12-19)7-1-2-8-16/h3-6,14,18-20H,1-2,7-12H2. The van der Waals surface area contributed by atoms with Crippen molar-refractivity contribution in [1.82, 2.24) is 5.32 Å². The van der Waals surface area contributed by atoms with Crippen molar-refractivity contribution in [2.45, 2.75) is 31.8 Å². The van der Waals surface area contributed by atoms with Gasteiger partial charge in [0.05, 0.1) is 0 Å². The third kappa shape index (κ3) is 5.15. The first-order chi connectivity index (χ1) is 10.1. The average Bonchev–Trinajstić information content (AvgIpc) is 2.96. The minimum absolute atomic E-state index is 0.0107. The van der Waals surface area contributed by atoms with E-state index in [2.05, 4.69) is 5.32 Å². The molecule has 3 N–H and O–H groups in total. The van der Waals surface area contributed by atoms with Crippen LogP contribution in [0.15, 0.2) is 24.3 Å². The highest BCUT2D eigenvalue weighted by Gasteiger charge is 2.32. The van der Waals surface area contributed by atoms with Crippen LogP contribution in [0.5, 0.6) is 5.75 Å². The minimum Gasteiger partial charge on any atom is -0.491 e. The number of nitrogens with one attached hydrogen (secondary N) is 1. The Bertz CT molecular complexity index is 418. The van der Waals surface area contributed by atoms with Crippen molar-refractivity contribution in [2.24, 2.45) is 5.41 Å². The van der Waals surface area contributed by atoms with Crippen molar-refractivity contribution in [3.8, 4) is 5.75 Å². The number of ether oxygens (including phenoxy) is 1. The molecule has 1 aromatic rings. The Kier molecular flexibility index (Phi) is 6.30. The molecule has 0 aromatic heterocycles. The zero-order chi connectivity index (χ0) is 15.1. The summed E-state index contributed by atoms with van der Waals surface area (Å²) >= 11 is 5.80. The van der Waals surface area contributed by atoms with Gasteiger partial charge in [0, 0.05) is 30.1 Å². The summed E-state index contributed by atoms with van der Waals surface area (Å²) in [7, 11) is 0. The summed E-state index contributed by atoms with van der Waals surface area (Å²) in [5.74, 6) is 0.695. The third-order valence-corrected chi connectivity index (χ3v) is 4.39. The minimum atomic E-state index is -0.571. The molecule has 0 radical (unpaired) electrons.